The van der Waals surface area contributed by atoms with E-state index in [1.165, 1.54) is 14.0 Å². The third-order valence-electron chi connectivity index (χ3n) is 4.12. The number of carbonyl (C=O) groups is 2. The highest BCUT2D eigenvalue weighted by atomic mass is 16.6. The van der Waals surface area contributed by atoms with Crippen LogP contribution in [0.1, 0.15) is 12.5 Å². The molecule has 1 unspecified atom stereocenters. The van der Waals surface area contributed by atoms with Crippen molar-refractivity contribution in [3.8, 4) is 0 Å². The number of nitrogens with zero attached hydrogens (tertiary/aromatic N) is 3. The molecular weight excluding hydrogens is 312 g/mol. The van der Waals surface area contributed by atoms with Gasteiger partial charge in [0.15, 0.2) is 5.84 Å². The molecule has 1 saturated heterocycles. The Bertz CT molecular complexity index is 703. The van der Waals surface area contributed by atoms with Gasteiger partial charge in [-0.3, -0.25) is 9.69 Å². The van der Waals surface area contributed by atoms with E-state index in [1.54, 1.807) is 4.90 Å². The summed E-state index contributed by atoms with van der Waals surface area (Å²) in [6.45, 7) is 2.16. The molecule has 1 fully saturated rings. The van der Waals surface area contributed by atoms with E-state index in [0.717, 1.165) is 22.8 Å². The van der Waals surface area contributed by atoms with Gasteiger partial charge >= 0.3 is 6.09 Å². The normalized spacial score (nSPS) is 21.0. The quantitative estimate of drug-likeness (QED) is 0.835. The number of nitrogens with one attached hydrogen (secondary N) is 1. The minimum atomic E-state index is -0.401. The van der Waals surface area contributed by atoms with Gasteiger partial charge in [-0.15, -0.1) is 0 Å². The van der Waals surface area contributed by atoms with Crippen LogP contribution in [0.2, 0.25) is 0 Å². The Morgan fingerprint density at radius 2 is 2.29 bits per heavy atom. The minimum absolute atomic E-state index is 0.143. The van der Waals surface area contributed by atoms with Crippen molar-refractivity contribution >= 4 is 29.2 Å². The van der Waals surface area contributed by atoms with E-state index >= 15 is 0 Å². The molecule has 1 aromatic carbocycles. The van der Waals surface area contributed by atoms with E-state index < -0.39 is 6.09 Å². The van der Waals surface area contributed by atoms with Gasteiger partial charge in [0, 0.05) is 31.8 Å². The fourth-order valence-electron chi connectivity index (χ4n) is 2.93. The van der Waals surface area contributed by atoms with Gasteiger partial charge in [0.1, 0.15) is 13.2 Å². The number of benzene rings is 1. The Balaban J connectivity index is 1.75. The second-order valence-corrected chi connectivity index (χ2v) is 5.79. The number of fused-ring (bicyclic) bond motifs is 1. The summed E-state index contributed by atoms with van der Waals surface area (Å²) in [6, 6.07) is 5.80. The molecule has 1 aromatic rings. The molecule has 24 heavy (non-hydrogen) atoms. The molecule has 1 N–H and O–H groups in total. The van der Waals surface area contributed by atoms with Crippen LogP contribution in [-0.4, -0.2) is 51.2 Å². The lowest BCUT2D eigenvalue weighted by Gasteiger charge is -2.16. The summed E-state index contributed by atoms with van der Waals surface area (Å²) < 4.78 is 5.30. The number of carbonyl (C=O) groups excluding carboxylic acids is 2. The van der Waals surface area contributed by atoms with Crippen molar-refractivity contribution in [1.82, 2.24) is 5.32 Å². The number of likely N-dealkylation sites (N-methyl/N-ethyl adjacent to an activating group) is 1. The van der Waals surface area contributed by atoms with Gasteiger partial charge in [0.25, 0.3) is 0 Å². The summed E-state index contributed by atoms with van der Waals surface area (Å²) in [7, 11) is 3.45. The van der Waals surface area contributed by atoms with Crippen LogP contribution in [0, 0.1) is 0 Å². The smallest absolute Gasteiger partial charge is 0.414 e. The molecule has 2 amide bonds. The lowest BCUT2D eigenvalue weighted by molar-refractivity contribution is -0.119. The first-order valence-electron chi connectivity index (χ1n) is 7.69. The van der Waals surface area contributed by atoms with Gasteiger partial charge in [0.2, 0.25) is 5.91 Å². The number of cyclic esters (lactones) is 1. The summed E-state index contributed by atoms with van der Waals surface area (Å²) in [5.41, 5.74) is 2.89. The molecular formula is C16H20N4O4. The number of oxime groups is 1. The lowest BCUT2D eigenvalue weighted by Crippen LogP contribution is -2.33. The maximum absolute atomic E-state index is 12.1. The average molecular weight is 332 g/mol. The topological polar surface area (TPSA) is 83.5 Å². The van der Waals surface area contributed by atoms with Crippen LogP contribution in [0.25, 0.3) is 0 Å². The van der Waals surface area contributed by atoms with Crippen molar-refractivity contribution < 1.29 is 19.2 Å². The second-order valence-electron chi connectivity index (χ2n) is 5.79. The summed E-state index contributed by atoms with van der Waals surface area (Å²) in [5, 5.41) is 6.68. The van der Waals surface area contributed by atoms with E-state index in [-0.39, 0.29) is 12.0 Å². The van der Waals surface area contributed by atoms with Gasteiger partial charge < -0.3 is 19.8 Å². The fraction of sp³-hybridized carbons (Fsp3) is 0.438. The molecule has 0 radical (unpaired) electrons. The Kier molecular flexibility index (Phi) is 4.28. The predicted molar refractivity (Wildman–Crippen MR) is 89.3 cm³/mol. The van der Waals surface area contributed by atoms with E-state index in [1.807, 2.05) is 30.1 Å². The summed E-state index contributed by atoms with van der Waals surface area (Å²) in [5.74, 6) is 0.673. The highest BCUT2D eigenvalue weighted by Gasteiger charge is 2.33. The summed E-state index contributed by atoms with van der Waals surface area (Å²) in [4.78, 5) is 31.5. The zero-order valence-electron chi connectivity index (χ0n) is 13.9. The summed E-state index contributed by atoms with van der Waals surface area (Å²) in [6.07, 6.45) is -0.100. The van der Waals surface area contributed by atoms with Crippen LogP contribution >= 0.6 is 0 Å². The van der Waals surface area contributed by atoms with Crippen molar-refractivity contribution in [2.24, 2.45) is 5.16 Å². The zero-order chi connectivity index (χ0) is 17.3. The molecule has 3 rings (SSSR count). The van der Waals surface area contributed by atoms with E-state index in [9.17, 15) is 9.59 Å². The first-order chi connectivity index (χ1) is 11.5. The third kappa shape index (κ3) is 2.99. The maximum atomic E-state index is 12.1. The molecule has 2 aliphatic heterocycles. The Hall–Kier alpha value is -2.77. The highest BCUT2D eigenvalue weighted by Crippen LogP contribution is 2.33. The van der Waals surface area contributed by atoms with Gasteiger partial charge in [-0.25, -0.2) is 4.79 Å². The minimum Gasteiger partial charge on any atom is -0.442 e. The maximum Gasteiger partial charge on any atom is 0.414 e. The highest BCUT2D eigenvalue weighted by molar-refractivity contribution is 6.05. The standard InChI is InChI=1S/C16H20N4O4/c1-10(21)17-8-13-9-20(16(22)24-13)12-4-5-14-11(6-12)7-15(18-23-3)19(14)2/h4-6,13H,7-9H2,1-3H3,(H,17,21). The number of anilines is 2. The molecule has 0 bridgehead atoms. The molecule has 128 valence electrons. The van der Waals surface area contributed by atoms with Crippen LogP contribution in [-0.2, 0) is 20.8 Å². The van der Waals surface area contributed by atoms with E-state index in [4.69, 9.17) is 9.57 Å². The number of hydrogen-bond acceptors (Lipinski definition) is 5. The van der Waals surface area contributed by atoms with Crippen LogP contribution in [0.5, 0.6) is 0 Å². The Morgan fingerprint density at radius 1 is 1.50 bits per heavy atom. The molecule has 0 aromatic heterocycles. The van der Waals surface area contributed by atoms with Crippen molar-refractivity contribution in [2.75, 3.05) is 37.0 Å². The number of amidine groups is 1. The zero-order valence-corrected chi connectivity index (χ0v) is 13.9. The van der Waals surface area contributed by atoms with Crippen molar-refractivity contribution in [3.63, 3.8) is 0 Å². The SMILES string of the molecule is CON=C1Cc2cc(N3CC(CNC(C)=O)OC3=O)ccc2N1C. The monoisotopic (exact) mass is 332 g/mol. The molecule has 1 atom stereocenters. The van der Waals surface area contributed by atoms with Crippen molar-refractivity contribution in [2.45, 2.75) is 19.4 Å². The molecule has 2 aliphatic rings. The first kappa shape index (κ1) is 16.1. The molecule has 2 heterocycles. The van der Waals surface area contributed by atoms with Gasteiger partial charge in [-0.2, -0.15) is 0 Å². The number of hydrogen-bond donors (Lipinski definition) is 1. The van der Waals surface area contributed by atoms with Crippen LogP contribution in [0.15, 0.2) is 23.4 Å². The molecule has 0 aliphatic carbocycles. The van der Waals surface area contributed by atoms with Crippen LogP contribution in [0.4, 0.5) is 16.2 Å². The molecule has 8 nitrogen and oxygen atoms in total. The number of rotatable bonds is 4. The van der Waals surface area contributed by atoms with Crippen LogP contribution < -0.4 is 15.1 Å². The van der Waals surface area contributed by atoms with Crippen molar-refractivity contribution in [3.05, 3.63) is 23.8 Å². The van der Waals surface area contributed by atoms with Gasteiger partial charge in [0.05, 0.1) is 13.1 Å². The first-order valence-corrected chi connectivity index (χ1v) is 7.69. The van der Waals surface area contributed by atoms with E-state index in [2.05, 4.69) is 10.5 Å². The number of ether oxygens (including phenoxy) is 1. The molecule has 0 saturated carbocycles. The third-order valence-corrected chi connectivity index (χ3v) is 4.12. The van der Waals surface area contributed by atoms with Crippen LogP contribution in [0.3, 0.4) is 0 Å². The fourth-order valence-corrected chi connectivity index (χ4v) is 2.93. The molecule has 8 heteroatoms. The van der Waals surface area contributed by atoms with Gasteiger partial charge in [-0.05, 0) is 23.8 Å². The predicted octanol–water partition coefficient (Wildman–Crippen LogP) is 1.10. The Morgan fingerprint density at radius 3 is 3.00 bits per heavy atom. The lowest BCUT2D eigenvalue weighted by atomic mass is 10.1. The Labute approximate surface area is 140 Å². The largest absolute Gasteiger partial charge is 0.442 e. The van der Waals surface area contributed by atoms with Crippen molar-refractivity contribution in [1.29, 1.82) is 0 Å². The molecule has 0 spiro atoms. The van der Waals surface area contributed by atoms with E-state index in [0.29, 0.717) is 19.5 Å². The summed E-state index contributed by atoms with van der Waals surface area (Å²) >= 11 is 0. The second kappa shape index (κ2) is 6.38. The van der Waals surface area contributed by atoms with Gasteiger partial charge in [-0.1, -0.05) is 5.16 Å². The number of amides is 2. The average Bonchev–Trinajstić information content (AvgIpc) is 3.06.